The van der Waals surface area contributed by atoms with Gasteiger partial charge in [0.25, 0.3) is 0 Å². The third-order valence-electron chi connectivity index (χ3n) is 3.80. The van der Waals surface area contributed by atoms with Gasteiger partial charge in [0.1, 0.15) is 0 Å². The summed E-state index contributed by atoms with van der Waals surface area (Å²) in [5, 5.41) is 0. The maximum Gasteiger partial charge on any atom is 0.0710 e. The number of hydrogen-bond donors (Lipinski definition) is 1. The summed E-state index contributed by atoms with van der Waals surface area (Å²) in [5.74, 6) is 0.839. The second-order valence-corrected chi connectivity index (χ2v) is 4.94. The second-order valence-electron chi connectivity index (χ2n) is 4.94. The molecular formula is C13H28N2O. The first-order chi connectivity index (χ1) is 7.80. The molecule has 1 aliphatic rings. The van der Waals surface area contributed by atoms with Crippen molar-refractivity contribution in [1.82, 2.24) is 4.90 Å². The van der Waals surface area contributed by atoms with Crippen LogP contribution in [0.15, 0.2) is 0 Å². The van der Waals surface area contributed by atoms with Crippen LogP contribution in [-0.2, 0) is 4.74 Å². The van der Waals surface area contributed by atoms with E-state index in [9.17, 15) is 0 Å². The lowest BCUT2D eigenvalue weighted by molar-refractivity contribution is 0.107. The van der Waals surface area contributed by atoms with Crippen LogP contribution >= 0.6 is 0 Å². The lowest BCUT2D eigenvalue weighted by Crippen LogP contribution is -2.24. The van der Waals surface area contributed by atoms with Crippen LogP contribution in [0.2, 0.25) is 0 Å². The number of likely N-dealkylation sites (tertiary alicyclic amines) is 1. The molecule has 2 N–H and O–H groups in total. The number of rotatable bonds is 8. The van der Waals surface area contributed by atoms with E-state index in [1.165, 1.54) is 45.2 Å². The van der Waals surface area contributed by atoms with E-state index in [0.717, 1.165) is 19.0 Å². The average molecular weight is 228 g/mol. The van der Waals surface area contributed by atoms with Gasteiger partial charge < -0.3 is 15.4 Å². The van der Waals surface area contributed by atoms with Crippen LogP contribution < -0.4 is 5.73 Å². The highest BCUT2D eigenvalue weighted by atomic mass is 16.5. The fourth-order valence-corrected chi connectivity index (χ4v) is 2.58. The number of methoxy groups -OCH3 is 1. The monoisotopic (exact) mass is 228 g/mol. The van der Waals surface area contributed by atoms with Crippen LogP contribution in [0.1, 0.15) is 39.0 Å². The standard InChI is InChI=1S/C13H28N2O/c1-3-12(6-8-14)5-4-9-15-10-7-13(11-15)16-2/h12-13H,3-11,14H2,1-2H3. The molecule has 1 heterocycles. The summed E-state index contributed by atoms with van der Waals surface area (Å²) in [4.78, 5) is 2.53. The van der Waals surface area contributed by atoms with Gasteiger partial charge in [0, 0.05) is 20.2 Å². The molecule has 3 heteroatoms. The smallest absolute Gasteiger partial charge is 0.0710 e. The van der Waals surface area contributed by atoms with Crippen molar-refractivity contribution in [3.05, 3.63) is 0 Å². The summed E-state index contributed by atoms with van der Waals surface area (Å²) >= 11 is 0. The molecule has 0 aliphatic carbocycles. The Bertz CT molecular complexity index is 175. The van der Waals surface area contributed by atoms with Crippen molar-refractivity contribution in [1.29, 1.82) is 0 Å². The number of ether oxygens (including phenoxy) is 1. The van der Waals surface area contributed by atoms with E-state index in [0.29, 0.717) is 6.10 Å². The maximum atomic E-state index is 5.61. The SMILES string of the molecule is CCC(CCN)CCCN1CCC(OC)C1. The van der Waals surface area contributed by atoms with Gasteiger partial charge >= 0.3 is 0 Å². The van der Waals surface area contributed by atoms with Crippen LogP contribution in [-0.4, -0.2) is 44.3 Å². The van der Waals surface area contributed by atoms with E-state index in [-0.39, 0.29) is 0 Å². The molecule has 0 spiro atoms. The van der Waals surface area contributed by atoms with Crippen molar-refractivity contribution in [2.24, 2.45) is 11.7 Å². The highest BCUT2D eigenvalue weighted by Crippen LogP contribution is 2.17. The molecule has 2 unspecified atom stereocenters. The molecular weight excluding hydrogens is 200 g/mol. The van der Waals surface area contributed by atoms with Crippen LogP contribution in [0.3, 0.4) is 0 Å². The summed E-state index contributed by atoms with van der Waals surface area (Å²) < 4.78 is 5.37. The molecule has 2 atom stereocenters. The van der Waals surface area contributed by atoms with Gasteiger partial charge in [0.15, 0.2) is 0 Å². The fraction of sp³-hybridized carbons (Fsp3) is 1.00. The van der Waals surface area contributed by atoms with Crippen molar-refractivity contribution in [2.75, 3.05) is 33.3 Å². The molecule has 0 amide bonds. The first-order valence-electron chi connectivity index (χ1n) is 6.75. The minimum atomic E-state index is 0.478. The topological polar surface area (TPSA) is 38.5 Å². The molecule has 0 saturated carbocycles. The van der Waals surface area contributed by atoms with Gasteiger partial charge in [-0.1, -0.05) is 13.3 Å². The number of hydrogen-bond acceptors (Lipinski definition) is 3. The van der Waals surface area contributed by atoms with Crippen molar-refractivity contribution < 1.29 is 4.74 Å². The Balaban J connectivity index is 2.06. The zero-order valence-electron chi connectivity index (χ0n) is 11.0. The Kier molecular flexibility index (Phi) is 7.01. The Morgan fingerprint density at radius 2 is 2.25 bits per heavy atom. The minimum Gasteiger partial charge on any atom is -0.380 e. The Hall–Kier alpha value is -0.120. The summed E-state index contributed by atoms with van der Waals surface area (Å²) in [6.45, 7) is 6.70. The number of nitrogens with two attached hydrogens (primary N) is 1. The van der Waals surface area contributed by atoms with Gasteiger partial charge in [0.05, 0.1) is 6.10 Å². The molecule has 0 bridgehead atoms. The summed E-state index contributed by atoms with van der Waals surface area (Å²) in [6, 6.07) is 0. The van der Waals surface area contributed by atoms with Crippen LogP contribution in [0, 0.1) is 5.92 Å². The normalized spacial score (nSPS) is 23.8. The lowest BCUT2D eigenvalue weighted by Gasteiger charge is -2.18. The van der Waals surface area contributed by atoms with Gasteiger partial charge in [-0.05, 0) is 44.7 Å². The zero-order valence-corrected chi connectivity index (χ0v) is 11.0. The van der Waals surface area contributed by atoms with Crippen molar-refractivity contribution >= 4 is 0 Å². The minimum absolute atomic E-state index is 0.478. The first-order valence-corrected chi connectivity index (χ1v) is 6.75. The first kappa shape index (κ1) is 13.9. The van der Waals surface area contributed by atoms with Crippen molar-refractivity contribution in [2.45, 2.75) is 45.1 Å². The molecule has 0 aromatic heterocycles. The highest BCUT2D eigenvalue weighted by molar-refractivity contribution is 4.75. The van der Waals surface area contributed by atoms with Gasteiger partial charge in [-0.2, -0.15) is 0 Å². The van der Waals surface area contributed by atoms with E-state index in [2.05, 4.69) is 11.8 Å². The molecule has 1 rings (SSSR count). The molecule has 1 aliphatic heterocycles. The van der Waals surface area contributed by atoms with Gasteiger partial charge in [-0.25, -0.2) is 0 Å². The van der Waals surface area contributed by atoms with Crippen LogP contribution in [0.25, 0.3) is 0 Å². The highest BCUT2D eigenvalue weighted by Gasteiger charge is 2.21. The Morgan fingerprint density at radius 1 is 1.44 bits per heavy atom. The van der Waals surface area contributed by atoms with E-state index in [4.69, 9.17) is 10.5 Å². The lowest BCUT2D eigenvalue weighted by atomic mass is 9.97. The largest absolute Gasteiger partial charge is 0.380 e. The van der Waals surface area contributed by atoms with Gasteiger partial charge in [-0.3, -0.25) is 0 Å². The van der Waals surface area contributed by atoms with Gasteiger partial charge in [0.2, 0.25) is 0 Å². The van der Waals surface area contributed by atoms with E-state index >= 15 is 0 Å². The molecule has 3 nitrogen and oxygen atoms in total. The summed E-state index contributed by atoms with van der Waals surface area (Å²) in [7, 11) is 1.82. The molecule has 16 heavy (non-hydrogen) atoms. The molecule has 0 aromatic carbocycles. The predicted molar refractivity (Wildman–Crippen MR) is 68.5 cm³/mol. The van der Waals surface area contributed by atoms with E-state index < -0.39 is 0 Å². The van der Waals surface area contributed by atoms with Crippen LogP contribution in [0.5, 0.6) is 0 Å². The molecule has 96 valence electrons. The average Bonchev–Trinajstić information content (AvgIpc) is 2.76. The van der Waals surface area contributed by atoms with Crippen molar-refractivity contribution in [3.8, 4) is 0 Å². The van der Waals surface area contributed by atoms with E-state index in [1.807, 2.05) is 7.11 Å². The fourth-order valence-electron chi connectivity index (χ4n) is 2.58. The number of nitrogens with zero attached hydrogens (tertiary/aromatic N) is 1. The zero-order chi connectivity index (χ0) is 11.8. The maximum absolute atomic E-state index is 5.61. The second kappa shape index (κ2) is 8.04. The third-order valence-corrected chi connectivity index (χ3v) is 3.80. The summed E-state index contributed by atoms with van der Waals surface area (Å²) in [5.41, 5.74) is 5.61. The quantitative estimate of drug-likeness (QED) is 0.689. The third kappa shape index (κ3) is 4.81. The van der Waals surface area contributed by atoms with E-state index in [1.54, 1.807) is 0 Å². The van der Waals surface area contributed by atoms with Gasteiger partial charge in [-0.15, -0.1) is 0 Å². The Morgan fingerprint density at radius 3 is 2.81 bits per heavy atom. The van der Waals surface area contributed by atoms with Crippen molar-refractivity contribution in [3.63, 3.8) is 0 Å². The molecule has 0 radical (unpaired) electrons. The Labute approximate surface area is 100 Å². The summed E-state index contributed by atoms with van der Waals surface area (Å²) in [6.07, 6.45) is 6.80. The molecule has 1 saturated heterocycles. The molecule has 1 fully saturated rings. The predicted octanol–water partition coefficient (Wildman–Crippen LogP) is 1.86. The molecule has 0 aromatic rings. The van der Waals surface area contributed by atoms with Crippen LogP contribution in [0.4, 0.5) is 0 Å².